The van der Waals surface area contributed by atoms with E-state index in [0.717, 1.165) is 10.6 Å². The van der Waals surface area contributed by atoms with Crippen molar-refractivity contribution >= 4 is 28.3 Å². The van der Waals surface area contributed by atoms with Gasteiger partial charge in [0.15, 0.2) is 27.9 Å². The van der Waals surface area contributed by atoms with Gasteiger partial charge in [-0.15, -0.1) is 0 Å². The summed E-state index contributed by atoms with van der Waals surface area (Å²) in [5, 5.41) is 11.3. The fourth-order valence-corrected chi connectivity index (χ4v) is 6.79. The Hall–Kier alpha value is -2.25. The van der Waals surface area contributed by atoms with Gasteiger partial charge in [-0.05, 0) is 43.3 Å². The Morgan fingerprint density at radius 1 is 1.08 bits per heavy atom. The van der Waals surface area contributed by atoms with Crippen LogP contribution in [0.1, 0.15) is 55.0 Å². The zero-order valence-electron chi connectivity index (χ0n) is 22.4. The van der Waals surface area contributed by atoms with Crippen LogP contribution >= 0.6 is 0 Å². The average Bonchev–Trinajstić information content (AvgIpc) is 3.14. The van der Waals surface area contributed by atoms with Crippen LogP contribution in [0.2, 0.25) is 37.8 Å². The molecule has 3 atom stereocenters. The number of rotatable bonds is 7. The monoisotopic (exact) mass is 531 g/mol. The second-order valence-corrected chi connectivity index (χ2v) is 21.4. The molecule has 1 aliphatic carbocycles. The summed E-state index contributed by atoms with van der Waals surface area (Å²) >= 11 is 0. The molecule has 0 radical (unpaired) electrons. The minimum absolute atomic E-state index is 0.00699. The summed E-state index contributed by atoms with van der Waals surface area (Å²) in [7, 11) is -4.66. The van der Waals surface area contributed by atoms with Gasteiger partial charge in [0.1, 0.15) is 18.8 Å². The number of amides is 1. The number of ketones is 1. The van der Waals surface area contributed by atoms with Crippen molar-refractivity contribution in [1.29, 1.82) is 0 Å². The Kier molecular flexibility index (Phi) is 6.66. The van der Waals surface area contributed by atoms with Crippen LogP contribution in [0.25, 0.3) is 0 Å². The number of carbonyl (C=O) groups excluding carboxylic acids is 2. The lowest BCUT2D eigenvalue weighted by Gasteiger charge is -2.57. The molecule has 4 rings (SSSR count). The molecule has 8 nitrogen and oxygen atoms in total. The lowest BCUT2D eigenvalue weighted by molar-refractivity contribution is -0.272. The first-order valence-corrected chi connectivity index (χ1v) is 18.6. The molecule has 1 aliphatic heterocycles. The van der Waals surface area contributed by atoms with Crippen molar-refractivity contribution in [2.45, 2.75) is 89.3 Å². The molecule has 36 heavy (non-hydrogen) atoms. The molecule has 196 valence electrons. The number of carbonyl (C=O) groups is 2. The Bertz CT molecular complexity index is 1150. The van der Waals surface area contributed by atoms with Crippen LogP contribution in [0.5, 0.6) is 5.95 Å². The third-order valence-electron chi connectivity index (χ3n) is 7.32. The van der Waals surface area contributed by atoms with Crippen LogP contribution in [-0.4, -0.2) is 50.1 Å². The molecule has 1 amide bonds. The van der Waals surface area contributed by atoms with Gasteiger partial charge in [0.25, 0.3) is 5.95 Å². The summed E-state index contributed by atoms with van der Waals surface area (Å²) in [6.07, 6.45) is -1.62. The van der Waals surface area contributed by atoms with E-state index in [1.165, 1.54) is 6.07 Å². The van der Waals surface area contributed by atoms with Crippen molar-refractivity contribution in [3.8, 4) is 5.95 Å². The van der Waals surface area contributed by atoms with Crippen LogP contribution in [0.3, 0.4) is 0 Å². The number of hydrogen-bond acceptors (Lipinski definition) is 7. The fraction of sp³-hybridized carbons (Fsp3) is 0.538. The first-order chi connectivity index (χ1) is 16.6. The van der Waals surface area contributed by atoms with E-state index in [1.54, 1.807) is 0 Å². The highest BCUT2D eigenvalue weighted by Gasteiger charge is 2.70. The highest BCUT2D eigenvalue weighted by atomic mass is 28.4. The van der Waals surface area contributed by atoms with E-state index in [4.69, 9.17) is 18.1 Å². The summed E-state index contributed by atoms with van der Waals surface area (Å²) in [5.41, 5.74) is -0.126. The summed E-state index contributed by atoms with van der Waals surface area (Å²) in [4.78, 5) is 33.0. The Balaban J connectivity index is 1.82. The average molecular weight is 532 g/mol. The van der Waals surface area contributed by atoms with Crippen molar-refractivity contribution in [1.82, 2.24) is 5.06 Å². The van der Waals surface area contributed by atoms with E-state index in [-0.39, 0.29) is 35.7 Å². The predicted molar refractivity (Wildman–Crippen MR) is 139 cm³/mol. The molecule has 1 N–H and O–H groups in total. The maximum atomic E-state index is 14.0. The molecule has 1 aromatic carbocycles. The van der Waals surface area contributed by atoms with Gasteiger partial charge in [0.05, 0.1) is 6.42 Å². The van der Waals surface area contributed by atoms with E-state index >= 15 is 0 Å². The zero-order valence-corrected chi connectivity index (χ0v) is 24.4. The third kappa shape index (κ3) is 4.61. The summed E-state index contributed by atoms with van der Waals surface area (Å²) in [5.74, 6) is -1.13. The van der Waals surface area contributed by atoms with Gasteiger partial charge in [0.2, 0.25) is 11.7 Å². The van der Waals surface area contributed by atoms with Crippen molar-refractivity contribution in [3.63, 3.8) is 0 Å². The molecule has 2 heterocycles. The second kappa shape index (κ2) is 8.95. The number of nitrogens with zero attached hydrogens (tertiary/aromatic N) is 1. The van der Waals surface area contributed by atoms with Crippen molar-refractivity contribution in [2.24, 2.45) is 0 Å². The van der Waals surface area contributed by atoms with Crippen LogP contribution in [-0.2, 0) is 25.1 Å². The Morgan fingerprint density at radius 3 is 2.28 bits per heavy atom. The minimum Gasteiger partial charge on any atom is -0.481 e. The number of Topliss-reactive ketones (excluding diaryl/α,β-unsaturated/α-hetero) is 1. The van der Waals surface area contributed by atoms with Crippen LogP contribution in [0.15, 0.2) is 40.8 Å². The standard InChI is InChI=1S/C26H37NO7Si2/c1-25(2,3)36(7,8)33-22-18-14-20(29)32-21(18)23(30)26(24(22)34-35(4,5)6)15-19(28)27(26)31-16-17-12-10-9-11-13-17/h9-14,22,24,29H,15-16H2,1-8H3/t22-,24-,26-/m1/s1. The van der Waals surface area contributed by atoms with Gasteiger partial charge in [0, 0.05) is 11.6 Å². The zero-order chi connectivity index (χ0) is 26.7. The van der Waals surface area contributed by atoms with Crippen LogP contribution in [0.4, 0.5) is 0 Å². The molecular weight excluding hydrogens is 494 g/mol. The van der Waals surface area contributed by atoms with Gasteiger partial charge in [-0.3, -0.25) is 14.4 Å². The first kappa shape index (κ1) is 26.8. The molecule has 0 saturated carbocycles. The lowest BCUT2D eigenvalue weighted by Crippen LogP contribution is -2.76. The van der Waals surface area contributed by atoms with E-state index in [1.807, 2.05) is 50.0 Å². The maximum absolute atomic E-state index is 14.0. The normalized spacial score (nSPS) is 24.7. The van der Waals surface area contributed by atoms with E-state index < -0.39 is 40.2 Å². The molecule has 1 aromatic heterocycles. The number of benzene rings is 1. The number of β-lactam (4-membered cyclic amide) rings is 1. The number of aromatic hydroxyl groups is 1. The predicted octanol–water partition coefficient (Wildman–Crippen LogP) is 5.57. The number of furan rings is 1. The van der Waals surface area contributed by atoms with Crippen molar-refractivity contribution in [3.05, 3.63) is 53.3 Å². The lowest BCUT2D eigenvalue weighted by atomic mass is 9.69. The van der Waals surface area contributed by atoms with Gasteiger partial charge in [-0.2, -0.15) is 0 Å². The Morgan fingerprint density at radius 2 is 1.72 bits per heavy atom. The topological polar surface area (TPSA) is 98.4 Å². The quantitative estimate of drug-likeness (QED) is 0.368. The highest BCUT2D eigenvalue weighted by molar-refractivity contribution is 6.74. The number of fused-ring (bicyclic) bond motifs is 1. The van der Waals surface area contributed by atoms with Crippen molar-refractivity contribution < 1.29 is 32.8 Å². The molecule has 1 spiro atoms. The molecule has 2 aliphatic rings. The van der Waals surface area contributed by atoms with Gasteiger partial charge in [-0.1, -0.05) is 51.1 Å². The SMILES string of the molecule is CC(C)(C)[Si](C)(C)O[C@@H]1c2cc(O)oc2C(=O)[C@]2(CC(=O)N2OCc2ccccc2)[C@@H]1O[Si](C)(C)C. The molecule has 0 unspecified atom stereocenters. The molecular formula is C26H37NO7Si2. The second-order valence-electron chi connectivity index (χ2n) is 12.2. The van der Waals surface area contributed by atoms with Gasteiger partial charge >= 0.3 is 0 Å². The fourth-order valence-electron chi connectivity index (χ4n) is 4.47. The molecule has 1 fully saturated rings. The minimum atomic E-state index is -2.40. The van der Waals surface area contributed by atoms with E-state index in [0.29, 0.717) is 5.56 Å². The van der Waals surface area contributed by atoms with E-state index in [2.05, 4.69) is 33.9 Å². The smallest absolute Gasteiger partial charge is 0.282 e. The van der Waals surface area contributed by atoms with Gasteiger partial charge < -0.3 is 18.4 Å². The summed E-state index contributed by atoms with van der Waals surface area (Å²) in [6, 6.07) is 10.9. The third-order valence-corrected chi connectivity index (χ3v) is 12.7. The van der Waals surface area contributed by atoms with E-state index in [9.17, 15) is 14.7 Å². The summed E-state index contributed by atoms with van der Waals surface area (Å²) < 4.78 is 19.1. The number of hydroxylamine groups is 2. The maximum Gasteiger partial charge on any atom is 0.282 e. The highest BCUT2D eigenvalue weighted by Crippen LogP contribution is 2.54. The van der Waals surface area contributed by atoms with Crippen molar-refractivity contribution in [2.75, 3.05) is 0 Å². The number of hydrogen-bond donors (Lipinski definition) is 1. The molecule has 0 bridgehead atoms. The Labute approximate surface area is 214 Å². The largest absolute Gasteiger partial charge is 0.481 e. The first-order valence-electron chi connectivity index (χ1n) is 12.3. The van der Waals surface area contributed by atoms with Crippen LogP contribution < -0.4 is 0 Å². The molecule has 10 heteroatoms. The molecule has 1 saturated heterocycles. The van der Waals surface area contributed by atoms with Crippen LogP contribution in [0, 0.1) is 0 Å². The molecule has 2 aromatic rings. The van der Waals surface area contributed by atoms with Gasteiger partial charge in [-0.25, -0.2) is 5.06 Å². The summed E-state index contributed by atoms with van der Waals surface area (Å²) in [6.45, 7) is 16.9.